The zero-order valence-corrected chi connectivity index (χ0v) is 10.4. The fraction of sp³-hybridized carbons (Fsp3) is 0.200. The molecule has 0 aliphatic carbocycles. The molecule has 0 saturated carbocycles. The Bertz CT molecular complexity index is 557. The molecular weight excluding hydrogens is 250 g/mol. The molecule has 1 N–H and O–H groups in total. The second-order valence-corrected chi connectivity index (χ2v) is 4.29. The molecule has 2 nitrogen and oxygen atoms in total. The Morgan fingerprint density at radius 1 is 1.00 bits per heavy atom. The number of aliphatic hydroxyl groups is 1. The maximum atomic E-state index is 13.3. The van der Waals surface area contributed by atoms with Crippen LogP contribution < -0.4 is 0 Å². The minimum absolute atomic E-state index is 0.0535. The molecule has 0 aliphatic heterocycles. The first kappa shape index (κ1) is 13.6. The van der Waals surface area contributed by atoms with Crippen molar-refractivity contribution in [2.24, 2.45) is 0 Å². The summed E-state index contributed by atoms with van der Waals surface area (Å²) in [5.41, 5.74) is -0.702. The molecule has 0 amide bonds. The zero-order valence-electron chi connectivity index (χ0n) is 10.4. The molecule has 0 spiro atoms. The Kier molecular flexibility index (Phi) is 3.93. The molecule has 0 bridgehead atoms. The second-order valence-electron chi connectivity index (χ2n) is 4.29. The van der Waals surface area contributed by atoms with E-state index in [-0.39, 0.29) is 12.2 Å². The Hall–Kier alpha value is -1.78. The van der Waals surface area contributed by atoms with Crippen LogP contribution in [0.4, 0.5) is 8.78 Å². The van der Waals surface area contributed by atoms with Gasteiger partial charge in [-0.1, -0.05) is 36.4 Å². The van der Waals surface area contributed by atoms with Gasteiger partial charge in [-0.15, -0.1) is 0 Å². The predicted octanol–water partition coefficient (Wildman–Crippen LogP) is 2.85. The van der Waals surface area contributed by atoms with E-state index in [1.807, 2.05) is 6.07 Å². The summed E-state index contributed by atoms with van der Waals surface area (Å²) in [7, 11) is 1.44. The summed E-state index contributed by atoms with van der Waals surface area (Å²) in [5, 5.41) is 10.8. The van der Waals surface area contributed by atoms with Crippen molar-refractivity contribution in [1.29, 1.82) is 0 Å². The van der Waals surface area contributed by atoms with Gasteiger partial charge in [0, 0.05) is 7.11 Å². The maximum Gasteiger partial charge on any atom is 0.159 e. The topological polar surface area (TPSA) is 29.5 Å². The molecule has 1 unspecified atom stereocenters. The molecule has 1 atom stereocenters. The van der Waals surface area contributed by atoms with Crippen molar-refractivity contribution in [3.05, 3.63) is 71.3 Å². The van der Waals surface area contributed by atoms with Crippen LogP contribution in [0.2, 0.25) is 0 Å². The lowest BCUT2D eigenvalue weighted by Gasteiger charge is -2.28. The summed E-state index contributed by atoms with van der Waals surface area (Å²) >= 11 is 0. The van der Waals surface area contributed by atoms with Gasteiger partial charge in [0.25, 0.3) is 0 Å². The molecule has 2 aromatic carbocycles. The van der Waals surface area contributed by atoms with Crippen molar-refractivity contribution in [2.45, 2.75) is 5.60 Å². The number of hydrogen-bond donors (Lipinski definition) is 1. The second kappa shape index (κ2) is 5.47. The van der Waals surface area contributed by atoms with Gasteiger partial charge in [-0.3, -0.25) is 0 Å². The van der Waals surface area contributed by atoms with Crippen LogP contribution in [0, 0.1) is 11.6 Å². The van der Waals surface area contributed by atoms with Gasteiger partial charge >= 0.3 is 0 Å². The zero-order chi connectivity index (χ0) is 13.9. The van der Waals surface area contributed by atoms with Gasteiger partial charge in [-0.2, -0.15) is 0 Å². The number of hydrogen-bond acceptors (Lipinski definition) is 2. The first-order chi connectivity index (χ1) is 9.08. The number of methoxy groups -OCH3 is 1. The van der Waals surface area contributed by atoms with Crippen LogP contribution in [0.1, 0.15) is 11.1 Å². The smallest absolute Gasteiger partial charge is 0.159 e. The van der Waals surface area contributed by atoms with Gasteiger partial charge < -0.3 is 9.84 Å². The van der Waals surface area contributed by atoms with Crippen molar-refractivity contribution < 1.29 is 18.6 Å². The van der Waals surface area contributed by atoms with E-state index in [2.05, 4.69) is 0 Å². The quantitative estimate of drug-likeness (QED) is 0.920. The maximum absolute atomic E-state index is 13.3. The lowest BCUT2D eigenvalue weighted by molar-refractivity contribution is -0.00354. The molecule has 0 fully saturated rings. The van der Waals surface area contributed by atoms with Crippen molar-refractivity contribution in [3.8, 4) is 0 Å². The van der Waals surface area contributed by atoms with Gasteiger partial charge in [0.1, 0.15) is 5.60 Å². The van der Waals surface area contributed by atoms with E-state index < -0.39 is 17.2 Å². The highest BCUT2D eigenvalue weighted by Gasteiger charge is 2.32. The number of benzene rings is 2. The van der Waals surface area contributed by atoms with Crippen LogP contribution >= 0.6 is 0 Å². The van der Waals surface area contributed by atoms with Crippen molar-refractivity contribution in [2.75, 3.05) is 13.7 Å². The summed E-state index contributed by atoms with van der Waals surface area (Å²) in [6.07, 6.45) is 0. The van der Waals surface area contributed by atoms with Crippen LogP contribution in [0.5, 0.6) is 0 Å². The lowest BCUT2D eigenvalue weighted by atomic mass is 9.87. The molecule has 0 saturated heterocycles. The third kappa shape index (κ3) is 2.64. The number of rotatable bonds is 4. The molecule has 4 heteroatoms. The van der Waals surface area contributed by atoms with Crippen molar-refractivity contribution >= 4 is 0 Å². The summed E-state index contributed by atoms with van der Waals surface area (Å²) in [5.74, 6) is -1.94. The largest absolute Gasteiger partial charge is 0.381 e. The van der Waals surface area contributed by atoms with Gasteiger partial charge in [0.2, 0.25) is 0 Å². The van der Waals surface area contributed by atoms with E-state index in [1.54, 1.807) is 24.3 Å². The monoisotopic (exact) mass is 264 g/mol. The Morgan fingerprint density at radius 3 is 2.26 bits per heavy atom. The average Bonchev–Trinajstić information content (AvgIpc) is 2.43. The third-order valence-corrected chi connectivity index (χ3v) is 3.00. The Balaban J connectivity index is 2.52. The number of halogens is 2. The van der Waals surface area contributed by atoms with Crippen LogP contribution in [-0.4, -0.2) is 18.8 Å². The standard InChI is InChI=1S/C15H14F2O2/c1-19-10-15(18,11-5-3-2-4-6-11)12-7-8-13(16)14(17)9-12/h2-9,18H,10H2,1H3. The van der Waals surface area contributed by atoms with E-state index in [0.29, 0.717) is 5.56 Å². The predicted molar refractivity (Wildman–Crippen MR) is 67.7 cm³/mol. The Morgan fingerprint density at radius 2 is 1.68 bits per heavy atom. The fourth-order valence-corrected chi connectivity index (χ4v) is 2.01. The molecule has 2 aromatic rings. The first-order valence-corrected chi connectivity index (χ1v) is 5.80. The van der Waals surface area contributed by atoms with Crippen LogP contribution in [0.15, 0.2) is 48.5 Å². The highest BCUT2D eigenvalue weighted by Crippen LogP contribution is 2.30. The summed E-state index contributed by atoms with van der Waals surface area (Å²) < 4.78 is 31.3. The van der Waals surface area contributed by atoms with E-state index in [0.717, 1.165) is 12.1 Å². The van der Waals surface area contributed by atoms with Crippen molar-refractivity contribution in [1.82, 2.24) is 0 Å². The van der Waals surface area contributed by atoms with Gasteiger partial charge in [0.15, 0.2) is 11.6 Å². The number of ether oxygens (including phenoxy) is 1. The van der Waals surface area contributed by atoms with Crippen molar-refractivity contribution in [3.63, 3.8) is 0 Å². The van der Waals surface area contributed by atoms with E-state index in [9.17, 15) is 13.9 Å². The van der Waals surface area contributed by atoms with Gasteiger partial charge in [-0.05, 0) is 23.3 Å². The summed E-state index contributed by atoms with van der Waals surface area (Å²) in [4.78, 5) is 0. The molecule has 100 valence electrons. The molecule has 0 radical (unpaired) electrons. The minimum Gasteiger partial charge on any atom is -0.381 e. The first-order valence-electron chi connectivity index (χ1n) is 5.80. The highest BCUT2D eigenvalue weighted by molar-refractivity contribution is 5.36. The molecule has 2 rings (SSSR count). The summed E-state index contributed by atoms with van der Waals surface area (Å²) in [6, 6.07) is 12.1. The van der Waals surface area contributed by atoms with Crippen LogP contribution in [0.25, 0.3) is 0 Å². The molecule has 0 heterocycles. The van der Waals surface area contributed by atoms with E-state index in [4.69, 9.17) is 4.74 Å². The minimum atomic E-state index is -1.51. The van der Waals surface area contributed by atoms with Crippen LogP contribution in [-0.2, 0) is 10.3 Å². The molecule has 0 aliphatic rings. The summed E-state index contributed by atoms with van der Waals surface area (Å²) in [6.45, 7) is -0.0535. The van der Waals surface area contributed by atoms with Gasteiger partial charge in [0.05, 0.1) is 6.61 Å². The molecule has 19 heavy (non-hydrogen) atoms. The normalized spacial score (nSPS) is 14.1. The lowest BCUT2D eigenvalue weighted by Crippen LogP contribution is -2.32. The molecular formula is C15H14F2O2. The average molecular weight is 264 g/mol. The SMILES string of the molecule is COCC(O)(c1ccccc1)c1ccc(F)c(F)c1. The molecule has 0 aromatic heterocycles. The fourth-order valence-electron chi connectivity index (χ4n) is 2.01. The third-order valence-electron chi connectivity index (χ3n) is 3.00. The highest BCUT2D eigenvalue weighted by atomic mass is 19.2. The van der Waals surface area contributed by atoms with Gasteiger partial charge in [-0.25, -0.2) is 8.78 Å². The van der Waals surface area contributed by atoms with E-state index >= 15 is 0 Å². The van der Waals surface area contributed by atoms with Crippen LogP contribution in [0.3, 0.4) is 0 Å². The van der Waals surface area contributed by atoms with E-state index in [1.165, 1.54) is 13.2 Å². The Labute approximate surface area is 110 Å².